The second-order valence-electron chi connectivity index (χ2n) is 2.85. The number of rotatable bonds is 6. The Kier molecular flexibility index (Phi) is 5.31. The zero-order chi connectivity index (χ0) is 10.3. The van der Waals surface area contributed by atoms with Gasteiger partial charge in [-0.2, -0.15) is 0 Å². The van der Waals surface area contributed by atoms with Gasteiger partial charge in [0.25, 0.3) is 5.97 Å². The molecule has 6 heteroatoms. The number of hydrogen-bond donors (Lipinski definition) is 3. The summed E-state index contributed by atoms with van der Waals surface area (Å²) in [5, 5.41) is 20.3. The molecular weight excluding hydrogens is 190 g/mol. The average Bonchev–Trinajstić information content (AvgIpc) is 2.25. The van der Waals surface area contributed by atoms with Gasteiger partial charge in [0.15, 0.2) is 0 Å². The summed E-state index contributed by atoms with van der Waals surface area (Å²) in [6, 6.07) is 0. The maximum absolute atomic E-state index is 8.63. The van der Waals surface area contributed by atoms with E-state index < -0.39 is 5.97 Å². The van der Waals surface area contributed by atoms with Crippen LogP contribution < -0.4 is 5.32 Å². The molecule has 0 spiro atoms. The van der Waals surface area contributed by atoms with E-state index in [9.17, 15) is 0 Å². The zero-order valence-corrected chi connectivity index (χ0v) is 8.07. The molecule has 1 heterocycles. The van der Waals surface area contributed by atoms with Crippen molar-refractivity contribution in [2.75, 3.05) is 46.1 Å². The highest BCUT2D eigenvalue weighted by Gasteiger charge is 2.35. The molecule has 0 aromatic rings. The lowest BCUT2D eigenvalue weighted by Crippen LogP contribution is -2.54. The van der Waals surface area contributed by atoms with Crippen LogP contribution in [0.3, 0.4) is 0 Å². The third-order valence-corrected chi connectivity index (χ3v) is 1.77. The Morgan fingerprint density at radius 3 is 2.29 bits per heavy atom. The Balaban J connectivity index is 2.39. The van der Waals surface area contributed by atoms with Crippen molar-refractivity contribution in [1.82, 2.24) is 5.32 Å². The van der Waals surface area contributed by atoms with Gasteiger partial charge in [-0.25, -0.2) is 0 Å². The summed E-state index contributed by atoms with van der Waals surface area (Å²) in [6.07, 6.45) is 0. The SMILES string of the molecule is OCCOC1(OCCO)CNCCO1. The van der Waals surface area contributed by atoms with Gasteiger partial charge in [-0.1, -0.05) is 0 Å². The smallest absolute Gasteiger partial charge is 0.296 e. The molecule has 3 N–H and O–H groups in total. The number of morpholine rings is 1. The molecule has 0 bridgehead atoms. The zero-order valence-electron chi connectivity index (χ0n) is 8.07. The molecule has 1 rings (SSSR count). The number of aliphatic hydroxyl groups is 2. The number of ether oxygens (including phenoxy) is 3. The van der Waals surface area contributed by atoms with Crippen molar-refractivity contribution in [3.8, 4) is 0 Å². The van der Waals surface area contributed by atoms with E-state index in [4.69, 9.17) is 24.4 Å². The summed E-state index contributed by atoms with van der Waals surface area (Å²) in [5.74, 6) is -1.15. The third kappa shape index (κ3) is 3.49. The monoisotopic (exact) mass is 207 g/mol. The van der Waals surface area contributed by atoms with Crippen LogP contribution in [0.25, 0.3) is 0 Å². The lowest BCUT2D eigenvalue weighted by molar-refractivity contribution is -0.386. The van der Waals surface area contributed by atoms with E-state index >= 15 is 0 Å². The molecule has 0 saturated carbocycles. The highest BCUT2D eigenvalue weighted by molar-refractivity contribution is 4.67. The quantitative estimate of drug-likeness (QED) is 0.449. The topological polar surface area (TPSA) is 80.2 Å². The second-order valence-corrected chi connectivity index (χ2v) is 2.85. The number of nitrogens with one attached hydrogen (secondary N) is 1. The van der Waals surface area contributed by atoms with E-state index in [1.54, 1.807) is 0 Å². The molecule has 84 valence electrons. The van der Waals surface area contributed by atoms with Crippen molar-refractivity contribution in [3.63, 3.8) is 0 Å². The lowest BCUT2D eigenvalue weighted by Gasteiger charge is -2.36. The highest BCUT2D eigenvalue weighted by Crippen LogP contribution is 2.16. The molecule has 0 aromatic heterocycles. The van der Waals surface area contributed by atoms with Gasteiger partial charge in [0.2, 0.25) is 0 Å². The summed E-state index contributed by atoms with van der Waals surface area (Å²) in [5.41, 5.74) is 0. The third-order valence-electron chi connectivity index (χ3n) is 1.77. The molecule has 0 aromatic carbocycles. The molecular formula is C8H17NO5. The maximum Gasteiger partial charge on any atom is 0.296 e. The Hall–Kier alpha value is -0.240. The molecule has 6 nitrogen and oxygen atoms in total. The van der Waals surface area contributed by atoms with E-state index in [2.05, 4.69) is 5.32 Å². The first-order valence-corrected chi connectivity index (χ1v) is 4.67. The first-order chi connectivity index (χ1) is 6.83. The summed E-state index contributed by atoms with van der Waals surface area (Å²) in [4.78, 5) is 0. The minimum atomic E-state index is -1.15. The van der Waals surface area contributed by atoms with Crippen LogP contribution in [0.4, 0.5) is 0 Å². The molecule has 0 aliphatic carbocycles. The first kappa shape index (κ1) is 11.8. The molecule has 0 unspecified atom stereocenters. The predicted molar refractivity (Wildman–Crippen MR) is 47.6 cm³/mol. The van der Waals surface area contributed by atoms with Crippen molar-refractivity contribution in [3.05, 3.63) is 0 Å². The minimum absolute atomic E-state index is 0.0897. The van der Waals surface area contributed by atoms with Crippen LogP contribution in [0, 0.1) is 0 Å². The van der Waals surface area contributed by atoms with Crippen LogP contribution in [-0.2, 0) is 14.2 Å². The molecule has 0 amide bonds. The van der Waals surface area contributed by atoms with Gasteiger partial charge >= 0.3 is 0 Å². The van der Waals surface area contributed by atoms with Crippen LogP contribution in [-0.4, -0.2) is 62.3 Å². The van der Waals surface area contributed by atoms with Crippen LogP contribution in [0.2, 0.25) is 0 Å². The van der Waals surface area contributed by atoms with E-state index in [1.807, 2.05) is 0 Å². The molecule has 1 fully saturated rings. The molecule has 1 saturated heterocycles. The number of aliphatic hydroxyl groups excluding tert-OH is 2. The van der Waals surface area contributed by atoms with Crippen molar-refractivity contribution in [2.24, 2.45) is 0 Å². The van der Waals surface area contributed by atoms with Crippen LogP contribution in [0.5, 0.6) is 0 Å². The fourth-order valence-electron chi connectivity index (χ4n) is 1.20. The Labute approximate surface area is 82.8 Å². The van der Waals surface area contributed by atoms with Gasteiger partial charge in [0.1, 0.15) is 0 Å². The Morgan fingerprint density at radius 2 is 1.86 bits per heavy atom. The molecule has 0 radical (unpaired) electrons. The normalized spacial score (nSPS) is 21.0. The molecule has 0 atom stereocenters. The summed E-state index contributed by atoms with van der Waals surface area (Å²) in [7, 11) is 0. The van der Waals surface area contributed by atoms with Crippen LogP contribution in [0.1, 0.15) is 0 Å². The van der Waals surface area contributed by atoms with Crippen molar-refractivity contribution >= 4 is 0 Å². The average molecular weight is 207 g/mol. The van der Waals surface area contributed by atoms with E-state index in [-0.39, 0.29) is 26.4 Å². The van der Waals surface area contributed by atoms with Gasteiger partial charge in [-0.3, -0.25) is 0 Å². The molecule has 1 aliphatic rings. The standard InChI is InChI=1S/C8H17NO5/c10-2-5-13-8(14-6-3-11)7-9-1-4-12-8/h9-11H,1-7H2. The molecule has 14 heavy (non-hydrogen) atoms. The van der Waals surface area contributed by atoms with Gasteiger partial charge < -0.3 is 29.7 Å². The van der Waals surface area contributed by atoms with Crippen molar-refractivity contribution in [2.45, 2.75) is 5.97 Å². The Morgan fingerprint density at radius 1 is 1.21 bits per heavy atom. The van der Waals surface area contributed by atoms with E-state index in [0.29, 0.717) is 13.2 Å². The molecule has 1 aliphatic heterocycles. The maximum atomic E-state index is 8.63. The highest BCUT2D eigenvalue weighted by atomic mass is 16.9. The fourth-order valence-corrected chi connectivity index (χ4v) is 1.20. The van der Waals surface area contributed by atoms with Crippen LogP contribution in [0.15, 0.2) is 0 Å². The Bertz CT molecular complexity index is 139. The fraction of sp³-hybridized carbons (Fsp3) is 1.00. The van der Waals surface area contributed by atoms with Gasteiger partial charge in [0.05, 0.1) is 39.6 Å². The summed E-state index contributed by atoms with van der Waals surface area (Å²) < 4.78 is 15.8. The second kappa shape index (κ2) is 6.28. The minimum Gasteiger partial charge on any atom is -0.394 e. The van der Waals surface area contributed by atoms with E-state index in [0.717, 1.165) is 6.54 Å². The lowest BCUT2D eigenvalue weighted by atomic mass is 10.4. The van der Waals surface area contributed by atoms with E-state index in [1.165, 1.54) is 0 Å². The predicted octanol–water partition coefficient (Wildman–Crippen LogP) is -1.72. The first-order valence-electron chi connectivity index (χ1n) is 4.67. The van der Waals surface area contributed by atoms with Gasteiger partial charge in [-0.15, -0.1) is 0 Å². The largest absolute Gasteiger partial charge is 0.394 e. The van der Waals surface area contributed by atoms with Gasteiger partial charge in [0, 0.05) is 6.54 Å². The summed E-state index contributed by atoms with van der Waals surface area (Å²) >= 11 is 0. The summed E-state index contributed by atoms with van der Waals surface area (Å²) in [6.45, 7) is 1.73. The van der Waals surface area contributed by atoms with Crippen LogP contribution >= 0.6 is 0 Å². The van der Waals surface area contributed by atoms with Gasteiger partial charge in [-0.05, 0) is 0 Å². The number of hydrogen-bond acceptors (Lipinski definition) is 6. The van der Waals surface area contributed by atoms with Crippen molar-refractivity contribution < 1.29 is 24.4 Å². The van der Waals surface area contributed by atoms with Crippen molar-refractivity contribution in [1.29, 1.82) is 0 Å².